The van der Waals surface area contributed by atoms with Crippen molar-refractivity contribution in [3.63, 3.8) is 0 Å². The minimum Gasteiger partial charge on any atom is -0.462 e. The molecule has 0 amide bonds. The van der Waals surface area contributed by atoms with Crippen LogP contribution in [0.25, 0.3) is 0 Å². The Balaban J connectivity index is 3.98. The van der Waals surface area contributed by atoms with Crippen LogP contribution >= 0.6 is 0 Å². The van der Waals surface area contributed by atoms with Gasteiger partial charge in [0.25, 0.3) is 0 Å². The van der Waals surface area contributed by atoms with E-state index in [1.807, 2.05) is 0 Å². The van der Waals surface area contributed by atoms with Gasteiger partial charge in [0.1, 0.15) is 13.2 Å². The van der Waals surface area contributed by atoms with Gasteiger partial charge in [-0.15, -0.1) is 0 Å². The van der Waals surface area contributed by atoms with E-state index in [0.717, 1.165) is 44.9 Å². The fraction of sp³-hybridized carbons (Fsp3) is 0.759. The van der Waals surface area contributed by atoms with Crippen molar-refractivity contribution in [2.45, 2.75) is 116 Å². The number of ether oxygens (including phenoxy) is 3. The highest BCUT2D eigenvalue weighted by Gasteiger charge is 2.19. The van der Waals surface area contributed by atoms with Crippen LogP contribution in [0, 0.1) is 0 Å². The zero-order chi connectivity index (χ0) is 27.4. The summed E-state index contributed by atoms with van der Waals surface area (Å²) >= 11 is 0. The summed E-state index contributed by atoms with van der Waals surface area (Å²) < 4.78 is 15.7. The van der Waals surface area contributed by atoms with Crippen molar-refractivity contribution in [3.8, 4) is 0 Å². The van der Waals surface area contributed by atoms with Crippen LogP contribution in [-0.2, 0) is 28.6 Å². The Bertz CT molecular complexity index is 636. The molecule has 4 N–H and O–H groups in total. The SMILES string of the molecule is CCCCC/C=C/C/C=C/CCCCCCCC(=O)OCC(COC(=O)CCCN)OC(=O)CCCN. The van der Waals surface area contributed by atoms with E-state index in [4.69, 9.17) is 25.7 Å². The Morgan fingerprint density at radius 2 is 1.11 bits per heavy atom. The first-order chi connectivity index (χ1) is 18.0. The number of allylic oxidation sites excluding steroid dienone is 4. The molecule has 0 heterocycles. The highest BCUT2D eigenvalue weighted by atomic mass is 16.6. The molecule has 0 saturated carbocycles. The lowest BCUT2D eigenvalue weighted by Crippen LogP contribution is -2.31. The third-order valence-electron chi connectivity index (χ3n) is 5.66. The number of carbonyl (C=O) groups excluding carboxylic acids is 3. The maximum absolute atomic E-state index is 12.1. The normalized spacial score (nSPS) is 12.2. The van der Waals surface area contributed by atoms with Crippen molar-refractivity contribution in [1.82, 2.24) is 0 Å². The Morgan fingerprint density at radius 1 is 0.622 bits per heavy atom. The Kier molecular flexibility index (Phi) is 25.3. The highest BCUT2D eigenvalue weighted by Crippen LogP contribution is 2.09. The number of carbonyl (C=O) groups is 3. The van der Waals surface area contributed by atoms with Crippen molar-refractivity contribution < 1.29 is 28.6 Å². The second-order valence-corrected chi connectivity index (χ2v) is 9.24. The van der Waals surface area contributed by atoms with E-state index in [1.165, 1.54) is 25.7 Å². The van der Waals surface area contributed by atoms with Gasteiger partial charge in [-0.2, -0.15) is 0 Å². The maximum atomic E-state index is 12.1. The molecule has 0 aliphatic rings. The average Bonchev–Trinajstić information content (AvgIpc) is 2.89. The van der Waals surface area contributed by atoms with Gasteiger partial charge < -0.3 is 25.7 Å². The second kappa shape index (κ2) is 26.9. The Hall–Kier alpha value is -2.19. The molecule has 0 rings (SSSR count). The highest BCUT2D eigenvalue weighted by molar-refractivity contribution is 5.71. The first-order valence-corrected chi connectivity index (χ1v) is 14.2. The predicted molar refractivity (Wildman–Crippen MR) is 148 cm³/mol. The van der Waals surface area contributed by atoms with Gasteiger partial charge in [-0.05, 0) is 64.5 Å². The molecule has 0 aromatic rings. The lowest BCUT2D eigenvalue weighted by Gasteiger charge is -2.18. The molecule has 8 heteroatoms. The number of hydrogen-bond donors (Lipinski definition) is 2. The lowest BCUT2D eigenvalue weighted by molar-refractivity contribution is -0.166. The molecule has 0 saturated heterocycles. The topological polar surface area (TPSA) is 131 Å². The Morgan fingerprint density at radius 3 is 1.68 bits per heavy atom. The zero-order valence-electron chi connectivity index (χ0n) is 23.1. The molecule has 0 aromatic carbocycles. The van der Waals surface area contributed by atoms with Gasteiger partial charge in [0.2, 0.25) is 0 Å². The quantitative estimate of drug-likeness (QED) is 0.0714. The predicted octanol–water partition coefficient (Wildman–Crippen LogP) is 5.28. The molecule has 1 unspecified atom stereocenters. The number of rotatable bonds is 25. The molecular weight excluding hydrogens is 472 g/mol. The van der Waals surface area contributed by atoms with E-state index in [-0.39, 0.29) is 32.0 Å². The summed E-state index contributed by atoms with van der Waals surface area (Å²) in [5.74, 6) is -1.23. The fourth-order valence-corrected chi connectivity index (χ4v) is 3.45. The molecule has 0 aromatic heterocycles. The molecule has 1 atom stereocenters. The van der Waals surface area contributed by atoms with Gasteiger partial charge in [-0.25, -0.2) is 0 Å². The minimum atomic E-state index is -0.833. The van der Waals surface area contributed by atoms with Gasteiger partial charge in [-0.1, -0.05) is 63.3 Å². The first-order valence-electron chi connectivity index (χ1n) is 14.2. The van der Waals surface area contributed by atoms with Crippen molar-refractivity contribution in [2.75, 3.05) is 26.3 Å². The zero-order valence-corrected chi connectivity index (χ0v) is 23.1. The fourth-order valence-electron chi connectivity index (χ4n) is 3.45. The monoisotopic (exact) mass is 524 g/mol. The van der Waals surface area contributed by atoms with Crippen LogP contribution in [-0.4, -0.2) is 50.3 Å². The van der Waals surface area contributed by atoms with Crippen molar-refractivity contribution in [3.05, 3.63) is 24.3 Å². The Labute approximate surface area is 224 Å². The largest absolute Gasteiger partial charge is 0.462 e. The molecule has 0 aliphatic carbocycles. The average molecular weight is 525 g/mol. The van der Waals surface area contributed by atoms with E-state index >= 15 is 0 Å². The van der Waals surface area contributed by atoms with Crippen LogP contribution in [0.2, 0.25) is 0 Å². The van der Waals surface area contributed by atoms with Crippen LogP contribution in [0.1, 0.15) is 110 Å². The first kappa shape index (κ1) is 34.8. The molecule has 0 aliphatic heterocycles. The smallest absolute Gasteiger partial charge is 0.306 e. The number of nitrogens with two attached hydrogens (primary N) is 2. The van der Waals surface area contributed by atoms with E-state index in [9.17, 15) is 14.4 Å². The van der Waals surface area contributed by atoms with Crippen molar-refractivity contribution in [1.29, 1.82) is 0 Å². The van der Waals surface area contributed by atoms with E-state index < -0.39 is 18.0 Å². The minimum absolute atomic E-state index is 0.141. The van der Waals surface area contributed by atoms with Crippen LogP contribution in [0.5, 0.6) is 0 Å². The number of esters is 3. The lowest BCUT2D eigenvalue weighted by atomic mass is 10.1. The van der Waals surface area contributed by atoms with E-state index in [0.29, 0.717) is 32.4 Å². The summed E-state index contributed by atoms with van der Waals surface area (Å²) in [5.41, 5.74) is 10.8. The summed E-state index contributed by atoms with van der Waals surface area (Å²) in [6.07, 6.45) is 22.1. The summed E-state index contributed by atoms with van der Waals surface area (Å²) in [6.45, 7) is 2.68. The molecular formula is C29H52N2O6. The summed E-state index contributed by atoms with van der Waals surface area (Å²) in [5, 5.41) is 0. The second-order valence-electron chi connectivity index (χ2n) is 9.24. The summed E-state index contributed by atoms with van der Waals surface area (Å²) in [7, 11) is 0. The van der Waals surface area contributed by atoms with Crippen LogP contribution in [0.3, 0.4) is 0 Å². The van der Waals surface area contributed by atoms with Gasteiger partial charge >= 0.3 is 17.9 Å². The maximum Gasteiger partial charge on any atom is 0.306 e. The van der Waals surface area contributed by atoms with Gasteiger partial charge in [0, 0.05) is 19.3 Å². The number of unbranched alkanes of at least 4 members (excludes halogenated alkanes) is 8. The number of hydrogen-bond acceptors (Lipinski definition) is 8. The standard InChI is InChI=1S/C29H52N2O6/c1-2-3-4-5-6-7-8-9-10-11-12-13-14-15-16-19-27(32)35-24-26(37-29(34)21-18-23-31)25-36-28(33)20-17-22-30/h6-7,9-10,26H,2-5,8,11-25,30-31H2,1H3/b7-6+,10-9+. The van der Waals surface area contributed by atoms with Gasteiger partial charge in [0.15, 0.2) is 6.10 Å². The molecule has 37 heavy (non-hydrogen) atoms. The molecule has 8 nitrogen and oxygen atoms in total. The van der Waals surface area contributed by atoms with Crippen molar-refractivity contribution >= 4 is 17.9 Å². The molecule has 0 bridgehead atoms. The van der Waals surface area contributed by atoms with Crippen LogP contribution in [0.15, 0.2) is 24.3 Å². The molecule has 0 spiro atoms. The molecule has 0 fully saturated rings. The van der Waals surface area contributed by atoms with Crippen molar-refractivity contribution in [2.24, 2.45) is 11.5 Å². The van der Waals surface area contributed by atoms with E-state index in [2.05, 4.69) is 31.2 Å². The molecule has 0 radical (unpaired) electrons. The third-order valence-corrected chi connectivity index (χ3v) is 5.66. The third kappa shape index (κ3) is 25.2. The van der Waals surface area contributed by atoms with Gasteiger partial charge in [0.05, 0.1) is 0 Å². The van der Waals surface area contributed by atoms with Gasteiger partial charge in [-0.3, -0.25) is 14.4 Å². The van der Waals surface area contributed by atoms with Crippen LogP contribution in [0.4, 0.5) is 0 Å². The summed E-state index contributed by atoms with van der Waals surface area (Å²) in [6, 6.07) is 0. The summed E-state index contributed by atoms with van der Waals surface area (Å²) in [4.78, 5) is 35.7. The van der Waals surface area contributed by atoms with E-state index in [1.54, 1.807) is 0 Å². The molecule has 214 valence electrons. The van der Waals surface area contributed by atoms with Crippen LogP contribution < -0.4 is 11.5 Å².